The highest BCUT2D eigenvalue weighted by Crippen LogP contribution is 2.25. The van der Waals surface area contributed by atoms with Crippen molar-refractivity contribution in [1.29, 1.82) is 0 Å². The zero-order valence-corrected chi connectivity index (χ0v) is 12.4. The smallest absolute Gasteiger partial charge is 0.138 e. The number of benzene rings is 2. The van der Waals surface area contributed by atoms with Crippen molar-refractivity contribution in [3.63, 3.8) is 0 Å². The summed E-state index contributed by atoms with van der Waals surface area (Å²) in [4.78, 5) is 0. The molecule has 0 aliphatic rings. The normalized spacial score (nSPS) is 9.67. The topological polar surface area (TPSA) is 38.7 Å². The van der Waals surface area contributed by atoms with Crippen LogP contribution in [0, 0.1) is 11.8 Å². The van der Waals surface area contributed by atoms with Gasteiger partial charge in [0.05, 0.1) is 12.1 Å². The molecule has 0 aromatic heterocycles. The number of rotatable bonds is 4. The lowest BCUT2D eigenvalue weighted by atomic mass is 10.1. The van der Waals surface area contributed by atoms with Gasteiger partial charge in [-0.25, -0.2) is 0 Å². The fourth-order valence-electron chi connectivity index (χ4n) is 1.79. The van der Waals surface area contributed by atoms with Gasteiger partial charge in [0, 0.05) is 11.1 Å². The predicted octanol–water partition coefficient (Wildman–Crippen LogP) is 3.27. The van der Waals surface area contributed by atoms with Crippen LogP contribution < -0.4 is 9.47 Å². The molecule has 3 nitrogen and oxygen atoms in total. The summed E-state index contributed by atoms with van der Waals surface area (Å²) >= 11 is 6.06. The molecule has 0 unspecified atom stereocenters. The first kappa shape index (κ1) is 15.2. The van der Waals surface area contributed by atoms with Gasteiger partial charge in [0.15, 0.2) is 0 Å². The van der Waals surface area contributed by atoms with Crippen molar-refractivity contribution in [2.45, 2.75) is 6.61 Å². The van der Waals surface area contributed by atoms with Crippen molar-refractivity contribution in [1.82, 2.24) is 0 Å². The van der Waals surface area contributed by atoms with Gasteiger partial charge in [0.2, 0.25) is 0 Å². The molecule has 2 aromatic rings. The minimum atomic E-state index is -0.184. The van der Waals surface area contributed by atoms with Crippen LogP contribution in [0.5, 0.6) is 11.5 Å². The molecule has 0 heterocycles. The van der Waals surface area contributed by atoms with Crippen LogP contribution in [0.3, 0.4) is 0 Å². The van der Waals surface area contributed by atoms with Crippen molar-refractivity contribution in [2.24, 2.45) is 0 Å². The zero-order chi connectivity index (χ0) is 15.1. The second-order valence-electron chi connectivity index (χ2n) is 4.20. The lowest BCUT2D eigenvalue weighted by Crippen LogP contribution is -2.00. The Hall–Kier alpha value is -2.15. The van der Waals surface area contributed by atoms with Gasteiger partial charge in [-0.1, -0.05) is 35.6 Å². The standard InChI is InChI=1S/C17H15ClO3/c1-20-15-9-8-13(5-4-10-19)14(11-15)12-21-17-7-3-2-6-16(17)18/h2-3,6-9,11,19H,10,12H2,1H3. The quantitative estimate of drug-likeness (QED) is 0.881. The largest absolute Gasteiger partial charge is 0.497 e. The average molecular weight is 303 g/mol. The third kappa shape index (κ3) is 4.16. The fourth-order valence-corrected chi connectivity index (χ4v) is 1.98. The minimum Gasteiger partial charge on any atom is -0.497 e. The Morgan fingerprint density at radius 3 is 2.71 bits per heavy atom. The molecule has 0 bridgehead atoms. The Morgan fingerprint density at radius 1 is 1.19 bits per heavy atom. The van der Waals surface area contributed by atoms with Crippen molar-refractivity contribution in [3.8, 4) is 23.3 Å². The van der Waals surface area contributed by atoms with Gasteiger partial charge in [0.25, 0.3) is 0 Å². The highest BCUT2D eigenvalue weighted by Gasteiger charge is 2.06. The van der Waals surface area contributed by atoms with Crippen LogP contribution >= 0.6 is 11.6 Å². The summed E-state index contributed by atoms with van der Waals surface area (Å²) in [5, 5.41) is 9.38. The van der Waals surface area contributed by atoms with Crippen LogP contribution in [-0.2, 0) is 6.61 Å². The van der Waals surface area contributed by atoms with E-state index in [1.54, 1.807) is 13.2 Å². The molecule has 0 fully saturated rings. The highest BCUT2D eigenvalue weighted by molar-refractivity contribution is 6.32. The molecule has 0 saturated heterocycles. The van der Waals surface area contributed by atoms with Gasteiger partial charge in [-0.05, 0) is 30.3 Å². The van der Waals surface area contributed by atoms with Gasteiger partial charge >= 0.3 is 0 Å². The summed E-state index contributed by atoms with van der Waals surface area (Å²) in [5.74, 6) is 6.87. The summed E-state index contributed by atoms with van der Waals surface area (Å²) in [6, 6.07) is 12.8. The number of aliphatic hydroxyl groups excluding tert-OH is 1. The molecule has 0 saturated carbocycles. The second kappa shape index (κ2) is 7.58. The highest BCUT2D eigenvalue weighted by atomic mass is 35.5. The first-order chi connectivity index (χ1) is 10.2. The Morgan fingerprint density at radius 2 is 2.00 bits per heavy atom. The molecule has 108 valence electrons. The Balaban J connectivity index is 2.23. The Bertz CT molecular complexity index is 671. The van der Waals surface area contributed by atoms with Crippen molar-refractivity contribution in [2.75, 3.05) is 13.7 Å². The first-order valence-electron chi connectivity index (χ1n) is 6.38. The number of para-hydroxylation sites is 1. The molecule has 0 spiro atoms. The second-order valence-corrected chi connectivity index (χ2v) is 4.61. The van der Waals surface area contributed by atoms with E-state index >= 15 is 0 Å². The molecular formula is C17H15ClO3. The molecule has 0 aliphatic carbocycles. The summed E-state index contributed by atoms with van der Waals surface area (Å²) in [6.07, 6.45) is 0. The van der Waals surface area contributed by atoms with Crippen LogP contribution in [0.4, 0.5) is 0 Å². The molecule has 2 aromatic carbocycles. The number of aliphatic hydroxyl groups is 1. The molecule has 0 radical (unpaired) electrons. The first-order valence-corrected chi connectivity index (χ1v) is 6.76. The number of ether oxygens (including phenoxy) is 2. The van der Waals surface area contributed by atoms with E-state index in [-0.39, 0.29) is 6.61 Å². The Labute approximate surface area is 129 Å². The predicted molar refractivity (Wildman–Crippen MR) is 82.7 cm³/mol. The molecule has 2 rings (SSSR count). The summed E-state index contributed by atoms with van der Waals surface area (Å²) in [7, 11) is 1.60. The third-order valence-corrected chi connectivity index (χ3v) is 3.15. The molecule has 0 amide bonds. The van der Waals surface area contributed by atoms with Crippen LogP contribution in [-0.4, -0.2) is 18.8 Å². The third-order valence-electron chi connectivity index (χ3n) is 2.83. The summed E-state index contributed by atoms with van der Waals surface area (Å²) in [5.41, 5.74) is 1.66. The molecule has 0 atom stereocenters. The lowest BCUT2D eigenvalue weighted by molar-refractivity contribution is 0.305. The minimum absolute atomic E-state index is 0.184. The van der Waals surface area contributed by atoms with E-state index < -0.39 is 0 Å². The van der Waals surface area contributed by atoms with E-state index in [1.807, 2.05) is 36.4 Å². The van der Waals surface area contributed by atoms with Gasteiger partial charge in [0.1, 0.15) is 24.7 Å². The summed E-state index contributed by atoms with van der Waals surface area (Å²) in [6.45, 7) is 0.132. The van der Waals surface area contributed by atoms with Crippen molar-refractivity contribution in [3.05, 3.63) is 58.6 Å². The maximum Gasteiger partial charge on any atom is 0.138 e. The van der Waals surface area contributed by atoms with Gasteiger partial charge < -0.3 is 14.6 Å². The number of halogens is 1. The number of methoxy groups -OCH3 is 1. The van der Waals surface area contributed by atoms with Crippen LogP contribution in [0.2, 0.25) is 5.02 Å². The van der Waals surface area contributed by atoms with E-state index in [2.05, 4.69) is 11.8 Å². The monoisotopic (exact) mass is 302 g/mol. The van der Waals surface area contributed by atoms with E-state index in [1.165, 1.54) is 0 Å². The molecule has 1 N–H and O–H groups in total. The maximum absolute atomic E-state index is 8.82. The van der Waals surface area contributed by atoms with Gasteiger partial charge in [-0.2, -0.15) is 0 Å². The molecule has 0 aliphatic heterocycles. The van der Waals surface area contributed by atoms with Crippen LogP contribution in [0.25, 0.3) is 0 Å². The van der Waals surface area contributed by atoms with E-state index in [0.29, 0.717) is 17.4 Å². The molecule has 4 heteroatoms. The van der Waals surface area contributed by atoms with Gasteiger partial charge in [-0.15, -0.1) is 0 Å². The number of hydrogen-bond donors (Lipinski definition) is 1. The molecule has 21 heavy (non-hydrogen) atoms. The van der Waals surface area contributed by atoms with E-state index in [4.69, 9.17) is 26.2 Å². The average Bonchev–Trinajstić information content (AvgIpc) is 2.52. The van der Waals surface area contributed by atoms with E-state index in [0.717, 1.165) is 16.9 Å². The van der Waals surface area contributed by atoms with Crippen molar-refractivity contribution < 1.29 is 14.6 Å². The fraction of sp³-hybridized carbons (Fsp3) is 0.176. The molecular weight excluding hydrogens is 288 g/mol. The maximum atomic E-state index is 8.82. The lowest BCUT2D eigenvalue weighted by Gasteiger charge is -2.11. The van der Waals surface area contributed by atoms with E-state index in [9.17, 15) is 0 Å². The zero-order valence-electron chi connectivity index (χ0n) is 11.6. The number of hydrogen-bond acceptors (Lipinski definition) is 3. The SMILES string of the molecule is COc1ccc(C#CCO)c(COc2ccccc2Cl)c1. The van der Waals surface area contributed by atoms with Crippen LogP contribution in [0.1, 0.15) is 11.1 Å². The summed E-state index contributed by atoms with van der Waals surface area (Å²) < 4.78 is 10.9. The Kier molecular flexibility index (Phi) is 5.51. The van der Waals surface area contributed by atoms with Gasteiger partial charge in [-0.3, -0.25) is 0 Å². The van der Waals surface area contributed by atoms with Crippen molar-refractivity contribution >= 4 is 11.6 Å². The van der Waals surface area contributed by atoms with Crippen LogP contribution in [0.15, 0.2) is 42.5 Å².